The fourth-order valence-electron chi connectivity index (χ4n) is 1.82. The Morgan fingerprint density at radius 2 is 2.37 bits per heavy atom. The minimum atomic E-state index is 0.0947. The van der Waals surface area contributed by atoms with Crippen molar-refractivity contribution in [1.82, 2.24) is 14.5 Å². The van der Waals surface area contributed by atoms with Gasteiger partial charge in [-0.05, 0) is 22.0 Å². The molecule has 0 unspecified atom stereocenters. The lowest BCUT2D eigenvalue weighted by molar-refractivity contribution is -0.131. The summed E-state index contributed by atoms with van der Waals surface area (Å²) in [6, 6.07) is 2.04. The molecule has 0 atom stereocenters. The molecule has 0 aliphatic heterocycles. The topological polar surface area (TPSA) is 38.1 Å². The van der Waals surface area contributed by atoms with Crippen LogP contribution in [0.5, 0.6) is 0 Å². The number of thiophene rings is 1. The molecule has 0 aliphatic rings. The number of hydrogen-bond acceptors (Lipinski definition) is 3. The number of aryl methyl sites for hydroxylation is 1. The number of likely N-dealkylation sites (N-methyl/N-ethyl adjacent to an activating group) is 1. The van der Waals surface area contributed by atoms with E-state index in [1.807, 2.05) is 36.2 Å². The van der Waals surface area contributed by atoms with Crippen LogP contribution in [0.25, 0.3) is 0 Å². The van der Waals surface area contributed by atoms with Gasteiger partial charge in [0.25, 0.3) is 0 Å². The summed E-state index contributed by atoms with van der Waals surface area (Å²) < 4.78 is 2.97. The van der Waals surface area contributed by atoms with Crippen molar-refractivity contribution in [2.24, 2.45) is 0 Å². The van der Waals surface area contributed by atoms with E-state index in [4.69, 9.17) is 0 Å². The van der Waals surface area contributed by atoms with Crippen molar-refractivity contribution >= 4 is 33.2 Å². The van der Waals surface area contributed by atoms with E-state index in [9.17, 15) is 4.79 Å². The van der Waals surface area contributed by atoms with Crippen LogP contribution in [-0.4, -0.2) is 27.4 Å². The predicted molar refractivity (Wildman–Crippen MR) is 80.1 cm³/mol. The minimum absolute atomic E-state index is 0.0947. The Morgan fingerprint density at radius 3 is 3.00 bits per heavy atom. The van der Waals surface area contributed by atoms with Gasteiger partial charge in [-0.15, -0.1) is 11.3 Å². The van der Waals surface area contributed by atoms with Crippen LogP contribution in [0, 0.1) is 0 Å². The molecular weight excluding hydrogens is 326 g/mol. The highest BCUT2D eigenvalue weighted by atomic mass is 79.9. The van der Waals surface area contributed by atoms with Crippen LogP contribution in [0.15, 0.2) is 28.3 Å². The first-order chi connectivity index (χ1) is 9.10. The molecule has 0 N–H and O–H groups in total. The normalized spacial score (nSPS) is 10.7. The first-order valence-electron chi connectivity index (χ1n) is 6.07. The summed E-state index contributed by atoms with van der Waals surface area (Å²) in [4.78, 5) is 19.3. The Hall–Kier alpha value is -1.14. The third-order valence-electron chi connectivity index (χ3n) is 2.86. The molecule has 2 aromatic rings. The summed E-state index contributed by atoms with van der Waals surface area (Å²) in [6.45, 7) is 3.04. The van der Waals surface area contributed by atoms with Crippen LogP contribution in [0.1, 0.15) is 17.6 Å². The number of rotatable bonds is 5. The molecule has 2 aromatic heterocycles. The van der Waals surface area contributed by atoms with Gasteiger partial charge in [-0.1, -0.05) is 6.92 Å². The van der Waals surface area contributed by atoms with Gasteiger partial charge in [-0.25, -0.2) is 4.98 Å². The number of halogens is 1. The zero-order valence-electron chi connectivity index (χ0n) is 11.0. The smallest absolute Gasteiger partial charge is 0.242 e. The van der Waals surface area contributed by atoms with Gasteiger partial charge in [-0.2, -0.15) is 0 Å². The van der Waals surface area contributed by atoms with Gasteiger partial charge in [-0.3, -0.25) is 4.79 Å². The second-order valence-electron chi connectivity index (χ2n) is 4.31. The highest BCUT2D eigenvalue weighted by Gasteiger charge is 2.12. The SMILES string of the molecule is CCc1nccn1CC(=O)N(C)Cc1cc(Br)cs1. The number of carbonyl (C=O) groups is 1. The lowest BCUT2D eigenvalue weighted by Crippen LogP contribution is -2.29. The Morgan fingerprint density at radius 1 is 1.58 bits per heavy atom. The lowest BCUT2D eigenvalue weighted by Gasteiger charge is -2.17. The molecule has 1 amide bonds. The molecule has 0 radical (unpaired) electrons. The Kier molecular flexibility index (Phi) is 4.76. The number of hydrogen-bond donors (Lipinski definition) is 0. The van der Waals surface area contributed by atoms with E-state index >= 15 is 0 Å². The monoisotopic (exact) mass is 341 g/mol. The van der Waals surface area contributed by atoms with Crippen molar-refractivity contribution in [3.8, 4) is 0 Å². The van der Waals surface area contributed by atoms with Crippen molar-refractivity contribution in [3.05, 3.63) is 39.0 Å². The highest BCUT2D eigenvalue weighted by Crippen LogP contribution is 2.20. The molecule has 0 aliphatic carbocycles. The molecule has 19 heavy (non-hydrogen) atoms. The van der Waals surface area contributed by atoms with Crippen molar-refractivity contribution in [3.63, 3.8) is 0 Å². The van der Waals surface area contributed by atoms with Crippen LogP contribution in [0.3, 0.4) is 0 Å². The third kappa shape index (κ3) is 3.67. The fourth-order valence-corrected chi connectivity index (χ4v) is 3.33. The van der Waals surface area contributed by atoms with Crippen molar-refractivity contribution < 1.29 is 4.79 Å². The molecule has 2 heterocycles. The summed E-state index contributed by atoms with van der Waals surface area (Å²) in [5, 5.41) is 2.03. The van der Waals surface area contributed by atoms with Crippen molar-refractivity contribution in [2.75, 3.05) is 7.05 Å². The van der Waals surface area contributed by atoms with Crippen LogP contribution in [0.2, 0.25) is 0 Å². The second kappa shape index (κ2) is 6.34. The molecule has 2 rings (SSSR count). The number of imidazole rings is 1. The van der Waals surface area contributed by atoms with Gasteiger partial charge in [0.1, 0.15) is 12.4 Å². The zero-order chi connectivity index (χ0) is 13.8. The van der Waals surface area contributed by atoms with E-state index < -0.39 is 0 Å². The average molecular weight is 342 g/mol. The van der Waals surface area contributed by atoms with Crippen LogP contribution >= 0.6 is 27.3 Å². The number of nitrogens with zero attached hydrogens (tertiary/aromatic N) is 3. The highest BCUT2D eigenvalue weighted by molar-refractivity contribution is 9.10. The lowest BCUT2D eigenvalue weighted by atomic mass is 10.4. The maximum Gasteiger partial charge on any atom is 0.242 e. The van der Waals surface area contributed by atoms with Gasteiger partial charge in [0.2, 0.25) is 5.91 Å². The van der Waals surface area contributed by atoms with Crippen molar-refractivity contribution in [2.45, 2.75) is 26.4 Å². The second-order valence-corrected chi connectivity index (χ2v) is 6.22. The maximum atomic E-state index is 12.2. The van der Waals surface area contributed by atoms with Crippen molar-refractivity contribution in [1.29, 1.82) is 0 Å². The van der Waals surface area contributed by atoms with E-state index in [-0.39, 0.29) is 5.91 Å². The van der Waals surface area contributed by atoms with Crippen LogP contribution < -0.4 is 0 Å². The molecule has 102 valence electrons. The molecule has 0 saturated heterocycles. The van der Waals surface area contributed by atoms with Gasteiger partial charge < -0.3 is 9.47 Å². The standard InChI is InChI=1S/C13H16BrN3OS/c1-3-12-15-4-5-17(12)8-13(18)16(2)7-11-6-10(14)9-19-11/h4-6,9H,3,7-8H2,1-2H3. The molecular formula is C13H16BrN3OS. The zero-order valence-corrected chi connectivity index (χ0v) is 13.4. The first kappa shape index (κ1) is 14.3. The van der Waals surface area contributed by atoms with E-state index in [1.54, 1.807) is 22.4 Å². The fraction of sp³-hybridized carbons (Fsp3) is 0.385. The largest absolute Gasteiger partial charge is 0.339 e. The first-order valence-corrected chi connectivity index (χ1v) is 7.74. The van der Waals surface area contributed by atoms with Gasteiger partial charge in [0.15, 0.2) is 0 Å². The third-order valence-corrected chi connectivity index (χ3v) is 4.55. The predicted octanol–water partition coefficient (Wildman–Crippen LogP) is 2.93. The summed E-state index contributed by atoms with van der Waals surface area (Å²) in [6.07, 6.45) is 4.43. The number of aromatic nitrogens is 2. The summed E-state index contributed by atoms with van der Waals surface area (Å²) in [5.41, 5.74) is 0. The Labute approximate surface area is 125 Å². The molecule has 0 bridgehead atoms. The molecule has 0 fully saturated rings. The van der Waals surface area contributed by atoms with E-state index in [1.165, 1.54) is 4.88 Å². The van der Waals surface area contributed by atoms with E-state index in [0.29, 0.717) is 13.1 Å². The molecule has 0 saturated carbocycles. The van der Waals surface area contributed by atoms with Gasteiger partial charge in [0.05, 0.1) is 6.54 Å². The quantitative estimate of drug-likeness (QED) is 0.838. The Bertz CT molecular complexity index is 564. The maximum absolute atomic E-state index is 12.2. The van der Waals surface area contributed by atoms with Crippen LogP contribution in [-0.2, 0) is 24.3 Å². The molecule has 0 aromatic carbocycles. The number of carbonyl (C=O) groups excluding carboxylic acids is 1. The van der Waals surface area contributed by atoms with E-state index in [0.717, 1.165) is 16.7 Å². The van der Waals surface area contributed by atoms with E-state index in [2.05, 4.69) is 20.9 Å². The van der Waals surface area contributed by atoms with Gasteiger partial charge >= 0.3 is 0 Å². The minimum Gasteiger partial charge on any atom is -0.339 e. The average Bonchev–Trinajstić information content (AvgIpc) is 2.98. The number of amides is 1. The van der Waals surface area contributed by atoms with Crippen LogP contribution in [0.4, 0.5) is 0 Å². The van der Waals surface area contributed by atoms with Gasteiger partial charge in [0, 0.05) is 40.6 Å². The molecule has 0 spiro atoms. The summed E-state index contributed by atoms with van der Waals surface area (Å²) in [7, 11) is 1.83. The molecule has 4 nitrogen and oxygen atoms in total. The summed E-state index contributed by atoms with van der Waals surface area (Å²) in [5.74, 6) is 1.04. The summed E-state index contributed by atoms with van der Waals surface area (Å²) >= 11 is 5.07. The Balaban J connectivity index is 1.96. The molecule has 6 heteroatoms.